The van der Waals surface area contributed by atoms with Gasteiger partial charge in [-0.1, -0.05) is 11.6 Å². The SMILES string of the molecule is CC(C)(F)c1cnnc(Cl)c1. The van der Waals surface area contributed by atoms with Gasteiger partial charge >= 0.3 is 0 Å². The second kappa shape index (κ2) is 2.74. The van der Waals surface area contributed by atoms with E-state index in [2.05, 4.69) is 10.2 Å². The molecular weight excluding hydrogens is 167 g/mol. The Balaban J connectivity index is 3.06. The molecule has 0 atom stereocenters. The molecule has 0 radical (unpaired) electrons. The van der Waals surface area contributed by atoms with Gasteiger partial charge in [-0.05, 0) is 19.9 Å². The smallest absolute Gasteiger partial charge is 0.152 e. The molecule has 2 nitrogen and oxygen atoms in total. The van der Waals surface area contributed by atoms with Crippen LogP contribution in [0.4, 0.5) is 4.39 Å². The van der Waals surface area contributed by atoms with E-state index < -0.39 is 5.67 Å². The van der Waals surface area contributed by atoms with E-state index in [-0.39, 0.29) is 5.15 Å². The van der Waals surface area contributed by atoms with Crippen LogP contribution in [0.25, 0.3) is 0 Å². The fraction of sp³-hybridized carbons (Fsp3) is 0.429. The van der Waals surface area contributed by atoms with Crippen molar-refractivity contribution in [2.45, 2.75) is 19.5 Å². The molecule has 0 saturated heterocycles. The van der Waals surface area contributed by atoms with Crippen LogP contribution in [0.3, 0.4) is 0 Å². The highest BCUT2D eigenvalue weighted by Gasteiger charge is 2.19. The zero-order valence-electron chi connectivity index (χ0n) is 6.31. The van der Waals surface area contributed by atoms with Crippen LogP contribution < -0.4 is 0 Å². The summed E-state index contributed by atoms with van der Waals surface area (Å²) in [5.74, 6) is 0. The Kier molecular flexibility index (Phi) is 2.09. The number of aromatic nitrogens is 2. The summed E-state index contributed by atoms with van der Waals surface area (Å²) in [6, 6.07) is 1.47. The normalized spacial score (nSPS) is 11.6. The van der Waals surface area contributed by atoms with Crippen LogP contribution >= 0.6 is 11.6 Å². The molecule has 4 heteroatoms. The van der Waals surface area contributed by atoms with Gasteiger partial charge < -0.3 is 0 Å². The average Bonchev–Trinajstić information content (AvgIpc) is 1.86. The minimum Gasteiger partial charge on any atom is -0.239 e. The maximum Gasteiger partial charge on any atom is 0.152 e. The van der Waals surface area contributed by atoms with Crippen molar-refractivity contribution in [3.63, 3.8) is 0 Å². The second-order valence-electron chi connectivity index (χ2n) is 2.74. The standard InChI is InChI=1S/C7H8ClFN2/c1-7(2,9)5-3-6(8)11-10-4-5/h3-4H,1-2H3. The Morgan fingerprint density at radius 3 is 2.55 bits per heavy atom. The van der Waals surface area contributed by atoms with Crippen molar-refractivity contribution < 1.29 is 4.39 Å². The van der Waals surface area contributed by atoms with E-state index in [4.69, 9.17) is 11.6 Å². The third-order valence-corrected chi connectivity index (χ3v) is 1.50. The zero-order valence-corrected chi connectivity index (χ0v) is 7.06. The summed E-state index contributed by atoms with van der Waals surface area (Å²) in [7, 11) is 0. The van der Waals surface area contributed by atoms with Gasteiger partial charge in [0.1, 0.15) is 5.67 Å². The van der Waals surface area contributed by atoms with E-state index in [1.807, 2.05) is 0 Å². The lowest BCUT2D eigenvalue weighted by molar-refractivity contribution is 0.220. The van der Waals surface area contributed by atoms with Crippen molar-refractivity contribution in [1.82, 2.24) is 10.2 Å². The summed E-state index contributed by atoms with van der Waals surface area (Å²) in [5, 5.41) is 7.25. The molecule has 11 heavy (non-hydrogen) atoms. The van der Waals surface area contributed by atoms with Gasteiger partial charge in [-0.15, -0.1) is 5.10 Å². The molecular formula is C7H8ClFN2. The molecule has 0 unspecified atom stereocenters. The Hall–Kier alpha value is -0.700. The topological polar surface area (TPSA) is 25.8 Å². The molecule has 0 aliphatic carbocycles. The van der Waals surface area contributed by atoms with Gasteiger partial charge in [0.15, 0.2) is 5.15 Å². The third kappa shape index (κ3) is 2.12. The minimum absolute atomic E-state index is 0.216. The first-order chi connectivity index (χ1) is 5.00. The lowest BCUT2D eigenvalue weighted by Crippen LogP contribution is -2.09. The highest BCUT2D eigenvalue weighted by atomic mass is 35.5. The van der Waals surface area contributed by atoms with Crippen molar-refractivity contribution in [2.24, 2.45) is 0 Å². The van der Waals surface area contributed by atoms with E-state index in [0.717, 1.165) is 0 Å². The Morgan fingerprint density at radius 1 is 1.55 bits per heavy atom. The molecule has 1 rings (SSSR count). The van der Waals surface area contributed by atoms with Crippen LogP contribution in [-0.4, -0.2) is 10.2 Å². The van der Waals surface area contributed by atoms with Crippen LogP contribution in [0.1, 0.15) is 19.4 Å². The summed E-state index contributed by atoms with van der Waals surface area (Å²) >= 11 is 5.51. The van der Waals surface area contributed by atoms with Crippen LogP contribution in [0, 0.1) is 0 Å². The number of nitrogens with zero attached hydrogens (tertiary/aromatic N) is 2. The number of halogens is 2. The van der Waals surface area contributed by atoms with Gasteiger partial charge in [-0.3, -0.25) is 0 Å². The molecule has 0 spiro atoms. The number of rotatable bonds is 1. The van der Waals surface area contributed by atoms with Crippen molar-refractivity contribution in [3.05, 3.63) is 23.0 Å². The first-order valence-electron chi connectivity index (χ1n) is 3.18. The van der Waals surface area contributed by atoms with E-state index in [9.17, 15) is 4.39 Å². The summed E-state index contributed by atoms with van der Waals surface area (Å²) in [6.45, 7) is 2.89. The van der Waals surface area contributed by atoms with E-state index >= 15 is 0 Å². The zero-order chi connectivity index (χ0) is 8.48. The van der Waals surface area contributed by atoms with Crippen molar-refractivity contribution in [2.75, 3.05) is 0 Å². The van der Waals surface area contributed by atoms with Crippen molar-refractivity contribution in [3.8, 4) is 0 Å². The highest BCUT2D eigenvalue weighted by molar-refractivity contribution is 6.29. The van der Waals surface area contributed by atoms with E-state index in [1.165, 1.54) is 26.1 Å². The monoisotopic (exact) mass is 174 g/mol. The molecule has 1 aromatic rings. The summed E-state index contributed by atoms with van der Waals surface area (Å²) in [5.41, 5.74) is -0.961. The molecule has 60 valence electrons. The predicted molar refractivity (Wildman–Crippen MR) is 41.2 cm³/mol. The largest absolute Gasteiger partial charge is 0.239 e. The lowest BCUT2D eigenvalue weighted by Gasteiger charge is -2.12. The molecule has 1 heterocycles. The number of hydrogen-bond donors (Lipinski definition) is 0. The number of alkyl halides is 1. The summed E-state index contributed by atoms with van der Waals surface area (Å²) < 4.78 is 13.2. The molecule has 0 aliphatic rings. The molecule has 0 amide bonds. The first kappa shape index (κ1) is 8.40. The van der Waals surface area contributed by atoms with Crippen molar-refractivity contribution in [1.29, 1.82) is 0 Å². The van der Waals surface area contributed by atoms with Crippen LogP contribution in [0.2, 0.25) is 5.15 Å². The molecule has 0 N–H and O–H groups in total. The Morgan fingerprint density at radius 2 is 2.18 bits per heavy atom. The van der Waals surface area contributed by atoms with Crippen LogP contribution in [0.15, 0.2) is 12.3 Å². The second-order valence-corrected chi connectivity index (χ2v) is 3.13. The van der Waals surface area contributed by atoms with E-state index in [1.54, 1.807) is 0 Å². The fourth-order valence-corrected chi connectivity index (χ4v) is 0.827. The summed E-state index contributed by atoms with van der Waals surface area (Å²) in [6.07, 6.45) is 1.37. The summed E-state index contributed by atoms with van der Waals surface area (Å²) in [4.78, 5) is 0. The van der Waals surface area contributed by atoms with Gasteiger partial charge in [-0.2, -0.15) is 5.10 Å². The maximum atomic E-state index is 13.2. The van der Waals surface area contributed by atoms with Crippen LogP contribution in [-0.2, 0) is 5.67 Å². The molecule has 1 aromatic heterocycles. The molecule has 0 aromatic carbocycles. The Bertz CT molecular complexity index is 257. The maximum absolute atomic E-state index is 13.2. The number of hydrogen-bond acceptors (Lipinski definition) is 2. The fourth-order valence-electron chi connectivity index (χ4n) is 0.666. The van der Waals surface area contributed by atoms with Gasteiger partial charge in [0.2, 0.25) is 0 Å². The molecule has 0 saturated carbocycles. The molecule has 0 aliphatic heterocycles. The third-order valence-electron chi connectivity index (χ3n) is 1.31. The average molecular weight is 175 g/mol. The van der Waals surface area contributed by atoms with Gasteiger partial charge in [0.25, 0.3) is 0 Å². The Labute approximate surface area is 69.4 Å². The highest BCUT2D eigenvalue weighted by Crippen LogP contribution is 2.24. The minimum atomic E-state index is -1.40. The van der Waals surface area contributed by atoms with E-state index in [0.29, 0.717) is 5.56 Å². The van der Waals surface area contributed by atoms with Crippen molar-refractivity contribution >= 4 is 11.6 Å². The lowest BCUT2D eigenvalue weighted by atomic mass is 10.0. The quantitative estimate of drug-likeness (QED) is 0.653. The van der Waals surface area contributed by atoms with Gasteiger partial charge in [0.05, 0.1) is 6.20 Å². The first-order valence-corrected chi connectivity index (χ1v) is 3.55. The van der Waals surface area contributed by atoms with Gasteiger partial charge in [-0.25, -0.2) is 4.39 Å². The van der Waals surface area contributed by atoms with Gasteiger partial charge in [0, 0.05) is 5.56 Å². The molecule has 0 bridgehead atoms. The molecule has 0 fully saturated rings. The predicted octanol–water partition coefficient (Wildman–Crippen LogP) is 2.33. The van der Waals surface area contributed by atoms with Crippen LogP contribution in [0.5, 0.6) is 0 Å².